The van der Waals surface area contributed by atoms with Gasteiger partial charge in [-0.25, -0.2) is 5.10 Å². The monoisotopic (exact) mass is 346 g/mol. The van der Waals surface area contributed by atoms with E-state index in [9.17, 15) is 9.59 Å². The molecule has 26 heavy (non-hydrogen) atoms. The lowest BCUT2D eigenvalue weighted by atomic mass is 10.0. The predicted octanol–water partition coefficient (Wildman–Crippen LogP) is 1.66. The van der Waals surface area contributed by atoms with Crippen LogP contribution in [0.15, 0.2) is 65.6 Å². The van der Waals surface area contributed by atoms with Crippen molar-refractivity contribution in [1.82, 2.24) is 25.0 Å². The van der Waals surface area contributed by atoms with Gasteiger partial charge in [-0.15, -0.1) is 0 Å². The number of tetrazole rings is 1. The molecule has 1 amide bonds. The molecule has 2 N–H and O–H groups in total. The van der Waals surface area contributed by atoms with Gasteiger partial charge in [0, 0.05) is 6.20 Å². The van der Waals surface area contributed by atoms with Crippen LogP contribution in [-0.4, -0.2) is 30.9 Å². The molecule has 8 heteroatoms. The highest BCUT2D eigenvalue weighted by molar-refractivity contribution is 6.03. The first-order valence-electron chi connectivity index (χ1n) is 7.94. The lowest BCUT2D eigenvalue weighted by Crippen LogP contribution is -2.27. The third-order valence-electron chi connectivity index (χ3n) is 4.02. The van der Waals surface area contributed by atoms with Crippen LogP contribution >= 0.6 is 0 Å². The molecule has 4 rings (SSSR count). The van der Waals surface area contributed by atoms with Gasteiger partial charge < -0.3 is 0 Å². The Kier molecular flexibility index (Phi) is 3.98. The fourth-order valence-electron chi connectivity index (χ4n) is 2.83. The number of aromatic amines is 1. The van der Waals surface area contributed by atoms with E-state index in [1.165, 1.54) is 4.40 Å². The van der Waals surface area contributed by atoms with E-state index in [0.717, 1.165) is 16.6 Å². The third-order valence-corrected chi connectivity index (χ3v) is 4.02. The molecule has 0 aliphatic rings. The van der Waals surface area contributed by atoms with Crippen molar-refractivity contribution in [2.45, 2.75) is 6.42 Å². The number of fused-ring (bicyclic) bond motifs is 1. The number of nitrogens with zero attached hydrogens (tertiary/aromatic N) is 4. The van der Waals surface area contributed by atoms with Crippen LogP contribution in [0.2, 0.25) is 0 Å². The fourth-order valence-corrected chi connectivity index (χ4v) is 2.83. The van der Waals surface area contributed by atoms with Crippen molar-refractivity contribution >= 4 is 17.4 Å². The molecule has 1 aromatic carbocycles. The van der Waals surface area contributed by atoms with Gasteiger partial charge in [0.15, 0.2) is 0 Å². The molecule has 3 heterocycles. The van der Waals surface area contributed by atoms with Crippen LogP contribution in [0.25, 0.3) is 5.52 Å². The highest BCUT2D eigenvalue weighted by Gasteiger charge is 2.17. The van der Waals surface area contributed by atoms with Gasteiger partial charge in [0.25, 0.3) is 11.5 Å². The van der Waals surface area contributed by atoms with Crippen LogP contribution in [0.5, 0.6) is 0 Å². The average Bonchev–Trinajstić information content (AvgIpc) is 3.18. The Bertz CT molecular complexity index is 1120. The predicted molar refractivity (Wildman–Crippen MR) is 95.0 cm³/mol. The minimum atomic E-state index is -0.568. The highest BCUT2D eigenvalue weighted by atomic mass is 16.2. The lowest BCUT2D eigenvalue weighted by Gasteiger charge is -2.11. The molecule has 0 saturated carbocycles. The number of carbonyl (C=O) groups excluding carboxylic acids is 1. The van der Waals surface area contributed by atoms with Crippen molar-refractivity contribution in [3.05, 3.63) is 87.8 Å². The Balaban J connectivity index is 1.81. The Morgan fingerprint density at radius 3 is 2.69 bits per heavy atom. The van der Waals surface area contributed by atoms with Crippen molar-refractivity contribution in [3.63, 3.8) is 0 Å². The first-order chi connectivity index (χ1) is 12.7. The second kappa shape index (κ2) is 6.60. The molecule has 0 fully saturated rings. The van der Waals surface area contributed by atoms with Crippen molar-refractivity contribution < 1.29 is 4.79 Å². The summed E-state index contributed by atoms with van der Waals surface area (Å²) in [5.74, 6) is -0.488. The van der Waals surface area contributed by atoms with E-state index in [2.05, 4.69) is 25.9 Å². The number of rotatable bonds is 4. The molecule has 0 spiro atoms. The Labute approximate surface area is 147 Å². The van der Waals surface area contributed by atoms with Gasteiger partial charge in [-0.2, -0.15) is 0 Å². The summed E-state index contributed by atoms with van der Waals surface area (Å²) in [6.45, 7) is 0. The van der Waals surface area contributed by atoms with Gasteiger partial charge in [-0.1, -0.05) is 41.5 Å². The average molecular weight is 346 g/mol. The maximum Gasteiger partial charge on any atom is 0.267 e. The molecule has 0 aliphatic heterocycles. The van der Waals surface area contributed by atoms with Crippen molar-refractivity contribution in [3.8, 4) is 0 Å². The summed E-state index contributed by atoms with van der Waals surface area (Å²) in [4.78, 5) is 25.3. The van der Waals surface area contributed by atoms with Crippen LogP contribution in [0.4, 0.5) is 5.95 Å². The highest BCUT2D eigenvalue weighted by Crippen LogP contribution is 2.16. The van der Waals surface area contributed by atoms with Gasteiger partial charge in [0.1, 0.15) is 5.56 Å². The zero-order valence-electron chi connectivity index (χ0n) is 13.6. The molecule has 0 bridgehead atoms. The maximum absolute atomic E-state index is 12.7. The summed E-state index contributed by atoms with van der Waals surface area (Å²) in [6, 6.07) is 17.0. The summed E-state index contributed by atoms with van der Waals surface area (Å²) < 4.78 is 1.48. The largest absolute Gasteiger partial charge is 0.289 e. The molecule has 0 atom stereocenters. The summed E-state index contributed by atoms with van der Waals surface area (Å²) in [6.07, 6.45) is 2.25. The first kappa shape index (κ1) is 15.7. The number of carbonyl (C=O) groups is 1. The fraction of sp³-hybridized carbons (Fsp3) is 0.0556. The topological polar surface area (TPSA) is 105 Å². The molecule has 4 aromatic rings. The molecule has 8 nitrogen and oxygen atoms in total. The number of benzene rings is 1. The molecule has 3 aromatic heterocycles. The molecule has 128 valence electrons. The third kappa shape index (κ3) is 2.95. The van der Waals surface area contributed by atoms with Crippen molar-refractivity contribution in [2.75, 3.05) is 5.32 Å². The lowest BCUT2D eigenvalue weighted by molar-refractivity contribution is 0.102. The number of hydrogen-bond acceptors (Lipinski definition) is 5. The number of hydrogen-bond donors (Lipinski definition) is 2. The number of nitrogens with one attached hydrogen (secondary N) is 2. The van der Waals surface area contributed by atoms with Crippen LogP contribution < -0.4 is 10.9 Å². The minimum absolute atomic E-state index is 0.0241. The normalized spacial score (nSPS) is 10.8. The van der Waals surface area contributed by atoms with E-state index < -0.39 is 11.5 Å². The van der Waals surface area contributed by atoms with E-state index in [1.54, 1.807) is 18.3 Å². The van der Waals surface area contributed by atoms with E-state index in [-0.39, 0.29) is 11.5 Å². The van der Waals surface area contributed by atoms with E-state index in [0.29, 0.717) is 6.42 Å². The van der Waals surface area contributed by atoms with Gasteiger partial charge in [-0.05, 0) is 46.2 Å². The number of aromatic nitrogens is 5. The summed E-state index contributed by atoms with van der Waals surface area (Å²) in [5, 5.41) is 15.3. The summed E-state index contributed by atoms with van der Waals surface area (Å²) in [7, 11) is 0. The molecule has 0 unspecified atom stereocenters. The standard InChI is InChI=1S/C18H14N6O2/c25-16(19-18-20-22-23-21-18)14-11-13(10-12-6-2-1-3-7-12)15-8-4-5-9-24(15)17(14)26/h1-9,11H,10H2,(H2,19,20,21,22,23,25). The van der Waals surface area contributed by atoms with Gasteiger partial charge in [0.2, 0.25) is 5.95 Å². The Hall–Kier alpha value is -3.81. The minimum Gasteiger partial charge on any atom is -0.289 e. The van der Waals surface area contributed by atoms with Gasteiger partial charge in [-0.3, -0.25) is 19.3 Å². The SMILES string of the molecule is O=C(Nc1nnn[nH]1)c1cc(Cc2ccccc2)c2ccccn2c1=O. The van der Waals surface area contributed by atoms with Crippen LogP contribution in [-0.2, 0) is 6.42 Å². The zero-order valence-corrected chi connectivity index (χ0v) is 13.6. The maximum atomic E-state index is 12.7. The second-order valence-corrected chi connectivity index (χ2v) is 5.71. The van der Waals surface area contributed by atoms with E-state index in [4.69, 9.17) is 0 Å². The summed E-state index contributed by atoms with van der Waals surface area (Å²) >= 11 is 0. The molecular weight excluding hydrogens is 332 g/mol. The van der Waals surface area contributed by atoms with Crippen LogP contribution in [0.1, 0.15) is 21.5 Å². The number of anilines is 1. The van der Waals surface area contributed by atoms with E-state index >= 15 is 0 Å². The second-order valence-electron chi connectivity index (χ2n) is 5.71. The molecular formula is C18H14N6O2. The molecule has 0 radical (unpaired) electrons. The number of H-pyrrole nitrogens is 1. The quantitative estimate of drug-likeness (QED) is 0.585. The van der Waals surface area contributed by atoms with Gasteiger partial charge in [0.05, 0.1) is 5.52 Å². The summed E-state index contributed by atoms with van der Waals surface area (Å²) in [5.41, 5.74) is 2.34. The number of amides is 1. The van der Waals surface area contributed by atoms with Crippen molar-refractivity contribution in [2.24, 2.45) is 0 Å². The zero-order chi connectivity index (χ0) is 17.9. The van der Waals surface area contributed by atoms with Gasteiger partial charge >= 0.3 is 0 Å². The smallest absolute Gasteiger partial charge is 0.267 e. The Morgan fingerprint density at radius 2 is 1.92 bits per heavy atom. The molecule has 0 aliphatic carbocycles. The number of pyridine rings is 2. The van der Waals surface area contributed by atoms with Crippen LogP contribution in [0, 0.1) is 0 Å². The molecule has 0 saturated heterocycles. The first-order valence-corrected chi connectivity index (χ1v) is 7.94. The Morgan fingerprint density at radius 1 is 1.12 bits per heavy atom. The van der Waals surface area contributed by atoms with E-state index in [1.807, 2.05) is 42.5 Å². The van der Waals surface area contributed by atoms with Crippen molar-refractivity contribution in [1.29, 1.82) is 0 Å². The van der Waals surface area contributed by atoms with Crippen LogP contribution in [0.3, 0.4) is 0 Å².